The molecule has 0 unspecified atom stereocenters. The van der Waals surface area contributed by atoms with Gasteiger partial charge < -0.3 is 21.1 Å². The highest BCUT2D eigenvalue weighted by Crippen LogP contribution is 2.33. The molecule has 5 aromatic rings. The van der Waals surface area contributed by atoms with Gasteiger partial charge in [0.1, 0.15) is 23.0 Å². The molecular weight excluding hydrogens is 509 g/mol. The number of carbonyl (C=O) groups excluding carboxylic acids is 2. The Morgan fingerprint density at radius 2 is 1.66 bits per heavy atom. The largest absolute Gasteiger partial charge is 0.457 e. The van der Waals surface area contributed by atoms with Crippen molar-refractivity contribution >= 4 is 45.8 Å². The van der Waals surface area contributed by atoms with Gasteiger partial charge in [0.25, 0.3) is 5.91 Å². The first-order chi connectivity index (χ1) is 18.4. The van der Waals surface area contributed by atoms with Gasteiger partial charge in [0.05, 0.1) is 16.9 Å². The predicted molar refractivity (Wildman–Crippen MR) is 144 cm³/mol. The van der Waals surface area contributed by atoms with Crippen LogP contribution in [-0.4, -0.2) is 21.9 Å². The van der Waals surface area contributed by atoms with E-state index in [0.717, 1.165) is 28.1 Å². The SMILES string of the molecule is NC(=O)c1cc(Oc2ccc(NC(=O)Nc3cc(Cl)ccc3-c3ccc4ncccc4c3)c(F)c2)ccn1. The van der Waals surface area contributed by atoms with Crippen molar-refractivity contribution in [2.75, 3.05) is 10.6 Å². The van der Waals surface area contributed by atoms with Gasteiger partial charge in [-0.05, 0) is 54.1 Å². The zero-order chi connectivity index (χ0) is 26.6. The Morgan fingerprint density at radius 1 is 0.842 bits per heavy atom. The summed E-state index contributed by atoms with van der Waals surface area (Å²) in [5.74, 6) is -1.04. The normalized spacial score (nSPS) is 10.7. The number of pyridine rings is 2. The summed E-state index contributed by atoms with van der Waals surface area (Å²) >= 11 is 6.19. The number of benzene rings is 3. The van der Waals surface area contributed by atoms with Gasteiger partial charge in [-0.3, -0.25) is 14.8 Å². The second-order valence-corrected chi connectivity index (χ2v) is 8.60. The minimum Gasteiger partial charge on any atom is -0.457 e. The maximum absolute atomic E-state index is 14.8. The van der Waals surface area contributed by atoms with Crippen LogP contribution >= 0.6 is 11.6 Å². The molecule has 38 heavy (non-hydrogen) atoms. The third-order valence-corrected chi connectivity index (χ3v) is 5.79. The fourth-order valence-electron chi connectivity index (χ4n) is 3.80. The van der Waals surface area contributed by atoms with E-state index in [1.54, 1.807) is 24.4 Å². The molecule has 0 aliphatic heterocycles. The number of fused-ring (bicyclic) bond motifs is 1. The summed E-state index contributed by atoms with van der Waals surface area (Å²) in [6.45, 7) is 0. The molecule has 10 heteroatoms. The maximum atomic E-state index is 14.8. The van der Waals surface area contributed by atoms with Crippen LogP contribution in [0.4, 0.5) is 20.6 Å². The number of nitrogens with two attached hydrogens (primary N) is 1. The maximum Gasteiger partial charge on any atom is 0.323 e. The first-order valence-electron chi connectivity index (χ1n) is 11.3. The average Bonchev–Trinajstić information content (AvgIpc) is 2.90. The molecule has 0 fully saturated rings. The summed E-state index contributed by atoms with van der Waals surface area (Å²) in [6, 6.07) is 20.8. The second-order valence-electron chi connectivity index (χ2n) is 8.16. The molecule has 3 amide bonds. The minimum atomic E-state index is -0.727. The Morgan fingerprint density at radius 3 is 2.47 bits per heavy atom. The summed E-state index contributed by atoms with van der Waals surface area (Å²) in [5.41, 5.74) is 8.03. The number of hydrogen-bond donors (Lipinski definition) is 3. The number of primary amides is 1. The van der Waals surface area contributed by atoms with E-state index in [4.69, 9.17) is 22.1 Å². The zero-order valence-electron chi connectivity index (χ0n) is 19.6. The minimum absolute atomic E-state index is 0.0127. The summed E-state index contributed by atoms with van der Waals surface area (Å²) in [4.78, 5) is 32.3. The molecule has 0 radical (unpaired) electrons. The number of halogens is 2. The number of anilines is 2. The van der Waals surface area contributed by atoms with Crippen molar-refractivity contribution in [3.05, 3.63) is 108 Å². The predicted octanol–water partition coefficient (Wildman–Crippen LogP) is 6.62. The van der Waals surface area contributed by atoms with E-state index in [2.05, 4.69) is 20.6 Å². The lowest BCUT2D eigenvalue weighted by atomic mass is 10.0. The van der Waals surface area contributed by atoms with Crippen LogP contribution in [0.25, 0.3) is 22.0 Å². The zero-order valence-corrected chi connectivity index (χ0v) is 20.4. The summed E-state index contributed by atoms with van der Waals surface area (Å²) in [5, 5.41) is 6.61. The molecular formula is C28H19ClFN5O3. The van der Waals surface area contributed by atoms with Gasteiger partial charge in [0, 0.05) is 40.5 Å². The number of hydrogen-bond acceptors (Lipinski definition) is 5. The van der Waals surface area contributed by atoms with Gasteiger partial charge in [-0.1, -0.05) is 29.8 Å². The van der Waals surface area contributed by atoms with Crippen molar-refractivity contribution in [1.29, 1.82) is 0 Å². The van der Waals surface area contributed by atoms with Gasteiger partial charge in [-0.25, -0.2) is 9.18 Å². The third kappa shape index (κ3) is 5.53. The van der Waals surface area contributed by atoms with Crippen molar-refractivity contribution < 1.29 is 18.7 Å². The quantitative estimate of drug-likeness (QED) is 0.229. The van der Waals surface area contributed by atoms with Crippen molar-refractivity contribution in [3.8, 4) is 22.6 Å². The first kappa shape index (κ1) is 24.7. The lowest BCUT2D eigenvalue weighted by Crippen LogP contribution is -2.20. The Hall–Kier alpha value is -5.02. The number of ether oxygens (including phenoxy) is 1. The molecule has 0 atom stereocenters. The van der Waals surface area contributed by atoms with Gasteiger partial charge >= 0.3 is 6.03 Å². The van der Waals surface area contributed by atoms with Gasteiger partial charge in [0.2, 0.25) is 0 Å². The number of carbonyl (C=O) groups is 2. The van der Waals surface area contributed by atoms with Crippen molar-refractivity contribution in [2.45, 2.75) is 0 Å². The summed E-state index contributed by atoms with van der Waals surface area (Å²) in [6.07, 6.45) is 3.07. The van der Waals surface area contributed by atoms with Crippen LogP contribution < -0.4 is 21.1 Å². The second kappa shape index (κ2) is 10.5. The molecule has 8 nitrogen and oxygen atoms in total. The highest BCUT2D eigenvalue weighted by Gasteiger charge is 2.13. The van der Waals surface area contributed by atoms with E-state index in [1.165, 1.54) is 30.5 Å². The van der Waals surface area contributed by atoms with E-state index in [-0.39, 0.29) is 22.9 Å². The van der Waals surface area contributed by atoms with Gasteiger partial charge in [-0.2, -0.15) is 0 Å². The van der Waals surface area contributed by atoms with Crippen LogP contribution in [-0.2, 0) is 0 Å². The van der Waals surface area contributed by atoms with Crippen LogP contribution in [0.1, 0.15) is 10.5 Å². The topological polar surface area (TPSA) is 119 Å². The number of rotatable bonds is 6. The summed E-state index contributed by atoms with van der Waals surface area (Å²) < 4.78 is 20.4. The standard InChI is InChI=1S/C28H19ClFN5O3/c29-18-4-6-21(16-3-7-23-17(12-16)2-1-10-32-23)25(13-18)35-28(37)34-24-8-5-19(14-22(24)30)38-20-9-11-33-26(15-20)27(31)36/h1-15H,(H2,31,36)(H2,34,35,37). The lowest BCUT2D eigenvalue weighted by Gasteiger charge is -2.14. The Labute approximate surface area is 221 Å². The van der Waals surface area contributed by atoms with E-state index in [1.807, 2.05) is 30.3 Å². The highest BCUT2D eigenvalue weighted by molar-refractivity contribution is 6.31. The van der Waals surface area contributed by atoms with Crippen LogP contribution in [0.3, 0.4) is 0 Å². The molecule has 0 saturated carbocycles. The lowest BCUT2D eigenvalue weighted by molar-refractivity contribution is 0.0995. The third-order valence-electron chi connectivity index (χ3n) is 5.55. The molecule has 2 aromatic heterocycles. The smallest absolute Gasteiger partial charge is 0.323 e. The highest BCUT2D eigenvalue weighted by atomic mass is 35.5. The van der Waals surface area contributed by atoms with Crippen LogP contribution in [0, 0.1) is 5.82 Å². The molecule has 0 saturated heterocycles. The molecule has 0 aliphatic carbocycles. The first-order valence-corrected chi connectivity index (χ1v) is 11.7. The van der Waals surface area contributed by atoms with Crippen molar-refractivity contribution in [2.24, 2.45) is 5.73 Å². The number of amides is 3. The Balaban J connectivity index is 1.33. The van der Waals surface area contributed by atoms with E-state index >= 15 is 0 Å². The number of urea groups is 1. The monoisotopic (exact) mass is 527 g/mol. The molecule has 188 valence electrons. The molecule has 4 N–H and O–H groups in total. The summed E-state index contributed by atoms with van der Waals surface area (Å²) in [7, 11) is 0. The number of nitrogens with one attached hydrogen (secondary N) is 2. The fourth-order valence-corrected chi connectivity index (χ4v) is 3.97. The van der Waals surface area contributed by atoms with Gasteiger partial charge in [-0.15, -0.1) is 0 Å². The van der Waals surface area contributed by atoms with E-state index in [0.29, 0.717) is 10.7 Å². The van der Waals surface area contributed by atoms with Crippen LogP contribution in [0.15, 0.2) is 91.3 Å². The van der Waals surface area contributed by atoms with Crippen molar-refractivity contribution in [3.63, 3.8) is 0 Å². The fraction of sp³-hybridized carbons (Fsp3) is 0. The molecule has 0 spiro atoms. The number of aromatic nitrogens is 2. The van der Waals surface area contributed by atoms with Gasteiger partial charge in [0.15, 0.2) is 0 Å². The van der Waals surface area contributed by atoms with Crippen LogP contribution in [0.2, 0.25) is 5.02 Å². The average molecular weight is 528 g/mol. The van der Waals surface area contributed by atoms with E-state index in [9.17, 15) is 14.0 Å². The Bertz CT molecular complexity index is 1700. The number of nitrogens with zero attached hydrogens (tertiary/aromatic N) is 2. The van der Waals surface area contributed by atoms with Crippen LogP contribution in [0.5, 0.6) is 11.5 Å². The molecule has 0 aliphatic rings. The molecule has 2 heterocycles. The van der Waals surface area contributed by atoms with Crippen molar-refractivity contribution in [1.82, 2.24) is 9.97 Å². The molecule has 0 bridgehead atoms. The molecule has 3 aromatic carbocycles. The van der Waals surface area contributed by atoms with E-state index < -0.39 is 17.8 Å². The Kier molecular flexibility index (Phi) is 6.84. The molecule has 5 rings (SSSR count).